The van der Waals surface area contributed by atoms with Crippen LogP contribution in [0.4, 0.5) is 4.79 Å². The SMILES string of the molecule is CC(O)C1CCN(C(=O)NC(C)C(C)C(=O)O)C1. The van der Waals surface area contributed by atoms with Crippen molar-refractivity contribution < 1.29 is 19.8 Å². The van der Waals surface area contributed by atoms with Gasteiger partial charge in [-0.2, -0.15) is 0 Å². The van der Waals surface area contributed by atoms with E-state index in [0.29, 0.717) is 13.1 Å². The number of hydrogen-bond acceptors (Lipinski definition) is 3. The fourth-order valence-corrected chi connectivity index (χ4v) is 1.99. The first-order valence-electron chi connectivity index (χ1n) is 6.29. The molecule has 0 aromatic heterocycles. The molecule has 2 amide bonds. The third-order valence-corrected chi connectivity index (χ3v) is 3.68. The zero-order valence-electron chi connectivity index (χ0n) is 11.1. The van der Waals surface area contributed by atoms with Gasteiger partial charge in [-0.3, -0.25) is 4.79 Å². The van der Waals surface area contributed by atoms with Gasteiger partial charge >= 0.3 is 12.0 Å². The van der Waals surface area contributed by atoms with Gasteiger partial charge in [0, 0.05) is 25.0 Å². The van der Waals surface area contributed by atoms with Crippen molar-refractivity contribution in [3.63, 3.8) is 0 Å². The molecule has 1 rings (SSSR count). The van der Waals surface area contributed by atoms with E-state index in [-0.39, 0.29) is 11.9 Å². The van der Waals surface area contributed by atoms with Gasteiger partial charge < -0.3 is 20.4 Å². The van der Waals surface area contributed by atoms with Crippen molar-refractivity contribution in [2.24, 2.45) is 11.8 Å². The van der Waals surface area contributed by atoms with E-state index in [2.05, 4.69) is 5.32 Å². The smallest absolute Gasteiger partial charge is 0.317 e. The Balaban J connectivity index is 2.45. The molecule has 0 aliphatic carbocycles. The number of hydrogen-bond donors (Lipinski definition) is 3. The fourth-order valence-electron chi connectivity index (χ4n) is 1.99. The number of carboxylic acids is 1. The number of aliphatic hydroxyl groups excluding tert-OH is 1. The Morgan fingerprint density at radius 3 is 2.39 bits per heavy atom. The molecule has 0 radical (unpaired) electrons. The summed E-state index contributed by atoms with van der Waals surface area (Å²) in [6.07, 6.45) is 0.367. The summed E-state index contributed by atoms with van der Waals surface area (Å²) in [7, 11) is 0. The fraction of sp³-hybridized carbons (Fsp3) is 0.833. The Labute approximate surface area is 107 Å². The summed E-state index contributed by atoms with van der Waals surface area (Å²) >= 11 is 0. The monoisotopic (exact) mass is 258 g/mol. The molecule has 104 valence electrons. The Hall–Kier alpha value is -1.30. The average molecular weight is 258 g/mol. The van der Waals surface area contributed by atoms with Crippen molar-refractivity contribution in [3.05, 3.63) is 0 Å². The molecule has 6 nitrogen and oxygen atoms in total. The first-order chi connectivity index (χ1) is 8.32. The van der Waals surface area contributed by atoms with Gasteiger partial charge in [0.25, 0.3) is 0 Å². The lowest BCUT2D eigenvalue weighted by Crippen LogP contribution is -2.46. The first kappa shape index (κ1) is 14.8. The minimum absolute atomic E-state index is 0.114. The van der Waals surface area contributed by atoms with Gasteiger partial charge in [-0.05, 0) is 27.2 Å². The maximum Gasteiger partial charge on any atom is 0.317 e. The molecule has 4 atom stereocenters. The van der Waals surface area contributed by atoms with Gasteiger partial charge in [0.05, 0.1) is 12.0 Å². The molecule has 1 heterocycles. The van der Waals surface area contributed by atoms with E-state index in [1.165, 1.54) is 0 Å². The van der Waals surface area contributed by atoms with Crippen LogP contribution in [0.2, 0.25) is 0 Å². The number of rotatable bonds is 4. The number of carbonyl (C=O) groups is 2. The molecule has 3 N–H and O–H groups in total. The number of amides is 2. The van der Waals surface area contributed by atoms with Crippen molar-refractivity contribution >= 4 is 12.0 Å². The van der Waals surface area contributed by atoms with Gasteiger partial charge in [-0.15, -0.1) is 0 Å². The highest BCUT2D eigenvalue weighted by Crippen LogP contribution is 2.19. The van der Waals surface area contributed by atoms with Crippen LogP contribution in [0.25, 0.3) is 0 Å². The van der Waals surface area contributed by atoms with Crippen LogP contribution in [0, 0.1) is 11.8 Å². The Kier molecular flexibility index (Phi) is 4.95. The molecule has 0 aromatic rings. The van der Waals surface area contributed by atoms with Crippen LogP contribution in [0.15, 0.2) is 0 Å². The number of carbonyl (C=O) groups excluding carboxylic acids is 1. The standard InChI is InChI=1S/C12H22N2O4/c1-7(11(16)17)8(2)13-12(18)14-5-4-10(6-14)9(3)15/h7-10,15H,4-6H2,1-3H3,(H,13,18)(H,16,17). The minimum atomic E-state index is -0.925. The molecule has 4 unspecified atom stereocenters. The van der Waals surface area contributed by atoms with E-state index in [0.717, 1.165) is 6.42 Å². The zero-order valence-corrected chi connectivity index (χ0v) is 11.1. The second-order valence-electron chi connectivity index (χ2n) is 5.10. The summed E-state index contributed by atoms with van der Waals surface area (Å²) in [4.78, 5) is 24.3. The molecular formula is C12H22N2O4. The lowest BCUT2D eigenvalue weighted by atomic mass is 10.0. The molecule has 18 heavy (non-hydrogen) atoms. The minimum Gasteiger partial charge on any atom is -0.481 e. The predicted octanol–water partition coefficient (Wildman–Crippen LogP) is 0.508. The predicted molar refractivity (Wildman–Crippen MR) is 66.2 cm³/mol. The zero-order chi connectivity index (χ0) is 13.9. The highest BCUT2D eigenvalue weighted by atomic mass is 16.4. The van der Waals surface area contributed by atoms with E-state index in [1.54, 1.807) is 25.7 Å². The Morgan fingerprint density at radius 1 is 1.33 bits per heavy atom. The molecule has 1 saturated heterocycles. The summed E-state index contributed by atoms with van der Waals surface area (Å²) in [6.45, 7) is 6.10. The van der Waals surface area contributed by atoms with E-state index in [9.17, 15) is 14.7 Å². The third kappa shape index (κ3) is 3.60. The number of nitrogens with zero attached hydrogens (tertiary/aromatic N) is 1. The van der Waals surface area contributed by atoms with Gasteiger partial charge in [0.1, 0.15) is 0 Å². The largest absolute Gasteiger partial charge is 0.481 e. The summed E-state index contributed by atoms with van der Waals surface area (Å²) in [5.74, 6) is -1.43. The van der Waals surface area contributed by atoms with Crippen LogP contribution in [0.1, 0.15) is 27.2 Å². The maximum absolute atomic E-state index is 11.9. The van der Waals surface area contributed by atoms with Crippen molar-refractivity contribution in [3.8, 4) is 0 Å². The number of urea groups is 1. The van der Waals surface area contributed by atoms with Crippen LogP contribution in [0.3, 0.4) is 0 Å². The number of likely N-dealkylation sites (tertiary alicyclic amines) is 1. The van der Waals surface area contributed by atoms with E-state index < -0.39 is 24.0 Å². The van der Waals surface area contributed by atoms with E-state index in [4.69, 9.17) is 5.11 Å². The van der Waals surface area contributed by atoms with Crippen LogP contribution < -0.4 is 5.32 Å². The van der Waals surface area contributed by atoms with Crippen LogP contribution >= 0.6 is 0 Å². The second-order valence-corrected chi connectivity index (χ2v) is 5.10. The van der Waals surface area contributed by atoms with Gasteiger partial charge in [0.15, 0.2) is 0 Å². The van der Waals surface area contributed by atoms with Crippen LogP contribution in [0.5, 0.6) is 0 Å². The molecular weight excluding hydrogens is 236 g/mol. The molecule has 1 aliphatic heterocycles. The maximum atomic E-state index is 11.9. The summed E-state index contributed by atoms with van der Waals surface area (Å²) in [6, 6.07) is -0.667. The molecule has 0 spiro atoms. The van der Waals surface area contributed by atoms with Crippen molar-refractivity contribution in [2.45, 2.75) is 39.3 Å². The van der Waals surface area contributed by atoms with Crippen molar-refractivity contribution in [2.75, 3.05) is 13.1 Å². The molecule has 0 saturated carbocycles. The average Bonchev–Trinajstić information content (AvgIpc) is 2.76. The van der Waals surface area contributed by atoms with Crippen LogP contribution in [-0.2, 0) is 4.79 Å². The lowest BCUT2D eigenvalue weighted by molar-refractivity contribution is -0.141. The topological polar surface area (TPSA) is 89.9 Å². The molecule has 6 heteroatoms. The number of aliphatic carboxylic acids is 1. The van der Waals surface area contributed by atoms with Crippen LogP contribution in [-0.4, -0.2) is 52.3 Å². The quantitative estimate of drug-likeness (QED) is 0.685. The third-order valence-electron chi connectivity index (χ3n) is 3.68. The first-order valence-corrected chi connectivity index (χ1v) is 6.29. The highest BCUT2D eigenvalue weighted by Gasteiger charge is 2.30. The second kappa shape index (κ2) is 6.04. The van der Waals surface area contributed by atoms with Gasteiger partial charge in [-0.25, -0.2) is 4.79 Å². The molecule has 0 aromatic carbocycles. The number of nitrogens with one attached hydrogen (secondary N) is 1. The van der Waals surface area contributed by atoms with Crippen molar-refractivity contribution in [1.82, 2.24) is 10.2 Å². The number of carboxylic acid groups (broad SMARTS) is 1. The summed E-state index contributed by atoms with van der Waals surface area (Å²) in [5, 5.41) is 21.0. The van der Waals surface area contributed by atoms with E-state index in [1.807, 2.05) is 0 Å². The normalized spacial score (nSPS) is 24.4. The number of aliphatic hydroxyl groups is 1. The molecule has 0 bridgehead atoms. The summed E-state index contributed by atoms with van der Waals surface area (Å²) in [5.41, 5.74) is 0. The Morgan fingerprint density at radius 2 is 1.94 bits per heavy atom. The highest BCUT2D eigenvalue weighted by molar-refractivity contribution is 5.76. The lowest BCUT2D eigenvalue weighted by Gasteiger charge is -2.23. The van der Waals surface area contributed by atoms with Gasteiger partial charge in [-0.1, -0.05) is 0 Å². The molecule has 1 aliphatic rings. The Bertz CT molecular complexity index is 319. The molecule has 1 fully saturated rings. The van der Waals surface area contributed by atoms with Gasteiger partial charge in [0.2, 0.25) is 0 Å². The van der Waals surface area contributed by atoms with E-state index >= 15 is 0 Å². The summed E-state index contributed by atoms with van der Waals surface area (Å²) < 4.78 is 0. The van der Waals surface area contributed by atoms with Crippen molar-refractivity contribution in [1.29, 1.82) is 0 Å².